The molecule has 0 amide bonds. The Morgan fingerprint density at radius 3 is 2.80 bits per heavy atom. The number of hydrogen-bond acceptors (Lipinski definition) is 1. The van der Waals surface area contributed by atoms with E-state index in [-0.39, 0.29) is 0 Å². The lowest BCUT2D eigenvalue weighted by molar-refractivity contribution is 0.878. The van der Waals surface area contributed by atoms with Crippen LogP contribution in [0.2, 0.25) is 0 Å². The molecule has 0 N–H and O–H groups in total. The maximum Gasteiger partial charge on any atom is 0.0659 e. The summed E-state index contributed by atoms with van der Waals surface area (Å²) in [4.78, 5) is 0. The topological polar surface area (TPSA) is 17.8 Å². The van der Waals surface area contributed by atoms with Crippen molar-refractivity contribution in [2.24, 2.45) is 0 Å². The highest BCUT2D eigenvalue weighted by Crippen LogP contribution is 2.18. The van der Waals surface area contributed by atoms with Gasteiger partial charge in [-0.25, -0.2) is 4.68 Å². The van der Waals surface area contributed by atoms with Crippen molar-refractivity contribution < 1.29 is 0 Å². The van der Waals surface area contributed by atoms with Gasteiger partial charge in [0.25, 0.3) is 0 Å². The van der Waals surface area contributed by atoms with E-state index in [1.165, 1.54) is 5.56 Å². The van der Waals surface area contributed by atoms with E-state index in [2.05, 4.69) is 40.1 Å². The number of benzene rings is 1. The summed E-state index contributed by atoms with van der Waals surface area (Å²) in [6, 6.07) is 6.17. The highest BCUT2D eigenvalue weighted by atomic mass is 79.9. The van der Waals surface area contributed by atoms with Crippen molar-refractivity contribution in [2.45, 2.75) is 12.8 Å². The monoisotopic (exact) mass is 284 g/mol. The van der Waals surface area contributed by atoms with Gasteiger partial charge in [-0.3, -0.25) is 0 Å². The van der Waals surface area contributed by atoms with Crippen LogP contribution < -0.4 is 0 Å². The molecule has 1 aromatic heterocycles. The van der Waals surface area contributed by atoms with Gasteiger partial charge in [-0.2, -0.15) is 5.10 Å². The third-order valence-electron chi connectivity index (χ3n) is 2.08. The molecule has 4 heteroatoms. The molecule has 2 nitrogen and oxygen atoms in total. The second-order valence-corrected chi connectivity index (χ2v) is 4.60. The van der Waals surface area contributed by atoms with Gasteiger partial charge in [0, 0.05) is 16.2 Å². The Hall–Kier alpha value is -0.800. The van der Waals surface area contributed by atoms with Gasteiger partial charge in [-0.05, 0) is 30.7 Å². The first-order valence-electron chi connectivity index (χ1n) is 4.56. The zero-order valence-corrected chi connectivity index (χ0v) is 10.6. The number of aromatic nitrogens is 2. The Balaban J connectivity index is 2.44. The van der Waals surface area contributed by atoms with Crippen LogP contribution in [0.3, 0.4) is 0 Å². The summed E-state index contributed by atoms with van der Waals surface area (Å²) in [6.45, 7) is 2.06. The molecule has 2 rings (SSSR count). The molecule has 1 aromatic carbocycles. The smallest absolute Gasteiger partial charge is 0.0659 e. The molecular weight excluding hydrogens is 275 g/mol. The molecule has 0 fully saturated rings. The summed E-state index contributed by atoms with van der Waals surface area (Å²) in [5, 5.41) is 4.25. The van der Waals surface area contributed by atoms with Crippen LogP contribution in [0.25, 0.3) is 5.69 Å². The van der Waals surface area contributed by atoms with Crippen molar-refractivity contribution in [2.75, 3.05) is 0 Å². The minimum absolute atomic E-state index is 0.493. The molecule has 0 radical (unpaired) electrons. The lowest BCUT2D eigenvalue weighted by Gasteiger charge is -2.03. The van der Waals surface area contributed by atoms with Crippen LogP contribution in [0, 0.1) is 6.92 Å². The Kier molecular flexibility index (Phi) is 3.12. The van der Waals surface area contributed by atoms with Crippen LogP contribution in [0.1, 0.15) is 11.1 Å². The Bertz CT molecular complexity index is 459. The molecule has 0 saturated heterocycles. The molecule has 78 valence electrons. The van der Waals surface area contributed by atoms with E-state index in [1.54, 1.807) is 6.20 Å². The van der Waals surface area contributed by atoms with E-state index in [0.29, 0.717) is 5.88 Å². The second-order valence-electron chi connectivity index (χ2n) is 3.41. The Morgan fingerprint density at radius 2 is 2.20 bits per heavy atom. The van der Waals surface area contributed by atoms with Crippen LogP contribution >= 0.6 is 27.5 Å². The molecule has 2 aromatic rings. The number of hydrogen-bond donors (Lipinski definition) is 0. The average molecular weight is 286 g/mol. The molecule has 15 heavy (non-hydrogen) atoms. The van der Waals surface area contributed by atoms with Gasteiger partial charge in [-0.15, -0.1) is 11.6 Å². The molecule has 0 unspecified atom stereocenters. The average Bonchev–Trinajstić information content (AvgIpc) is 2.64. The summed E-state index contributed by atoms with van der Waals surface area (Å²) in [5.41, 5.74) is 3.26. The van der Waals surface area contributed by atoms with Crippen molar-refractivity contribution in [1.29, 1.82) is 0 Å². The highest BCUT2D eigenvalue weighted by Gasteiger charge is 2.01. The molecule has 0 aliphatic heterocycles. The summed E-state index contributed by atoms with van der Waals surface area (Å²) in [5.74, 6) is 0.493. The first-order chi connectivity index (χ1) is 7.19. The summed E-state index contributed by atoms with van der Waals surface area (Å²) in [7, 11) is 0. The first kappa shape index (κ1) is 10.7. The van der Waals surface area contributed by atoms with E-state index in [4.69, 9.17) is 11.6 Å². The normalized spacial score (nSPS) is 10.6. The standard InChI is InChI=1S/C11H10BrClN2/c1-8-2-10(12)4-11(3-8)15-7-9(5-13)6-14-15/h2-4,6-7H,5H2,1H3. The SMILES string of the molecule is Cc1cc(Br)cc(-n2cc(CCl)cn2)c1. The fourth-order valence-corrected chi connectivity index (χ4v) is 2.15. The van der Waals surface area contributed by atoms with Gasteiger partial charge in [0.1, 0.15) is 0 Å². The molecule has 1 heterocycles. The first-order valence-corrected chi connectivity index (χ1v) is 5.89. The Labute approximate surface area is 102 Å². The largest absolute Gasteiger partial charge is 0.241 e. The maximum absolute atomic E-state index is 5.73. The minimum atomic E-state index is 0.493. The van der Waals surface area contributed by atoms with Gasteiger partial charge in [0.2, 0.25) is 0 Å². The molecule has 0 aliphatic rings. The maximum atomic E-state index is 5.73. The van der Waals surface area contributed by atoms with E-state index in [0.717, 1.165) is 15.7 Å². The zero-order chi connectivity index (χ0) is 10.8. The predicted molar refractivity (Wildman–Crippen MR) is 65.6 cm³/mol. The van der Waals surface area contributed by atoms with Crippen LogP contribution in [-0.4, -0.2) is 9.78 Å². The van der Waals surface area contributed by atoms with Gasteiger partial charge in [0.15, 0.2) is 0 Å². The minimum Gasteiger partial charge on any atom is -0.241 e. The van der Waals surface area contributed by atoms with Crippen molar-refractivity contribution in [1.82, 2.24) is 9.78 Å². The van der Waals surface area contributed by atoms with E-state index in [1.807, 2.05) is 16.9 Å². The van der Waals surface area contributed by atoms with Crippen molar-refractivity contribution in [3.63, 3.8) is 0 Å². The van der Waals surface area contributed by atoms with Crippen LogP contribution in [-0.2, 0) is 5.88 Å². The summed E-state index contributed by atoms with van der Waals surface area (Å²) < 4.78 is 2.88. The quantitative estimate of drug-likeness (QED) is 0.770. The molecule has 0 bridgehead atoms. The van der Waals surface area contributed by atoms with Crippen molar-refractivity contribution in [3.8, 4) is 5.69 Å². The highest BCUT2D eigenvalue weighted by molar-refractivity contribution is 9.10. The summed E-state index contributed by atoms with van der Waals surface area (Å²) >= 11 is 9.19. The lowest BCUT2D eigenvalue weighted by Crippen LogP contribution is -1.94. The van der Waals surface area contributed by atoms with E-state index >= 15 is 0 Å². The predicted octanol–water partition coefficient (Wildman–Crippen LogP) is 3.68. The van der Waals surface area contributed by atoms with Crippen LogP contribution in [0.15, 0.2) is 35.1 Å². The van der Waals surface area contributed by atoms with E-state index in [9.17, 15) is 0 Å². The number of rotatable bonds is 2. The summed E-state index contributed by atoms with van der Waals surface area (Å²) in [6.07, 6.45) is 3.72. The lowest BCUT2D eigenvalue weighted by atomic mass is 10.2. The number of nitrogens with zero attached hydrogens (tertiary/aromatic N) is 2. The third kappa shape index (κ3) is 2.41. The van der Waals surface area contributed by atoms with Gasteiger partial charge >= 0.3 is 0 Å². The van der Waals surface area contributed by atoms with Crippen molar-refractivity contribution in [3.05, 3.63) is 46.2 Å². The van der Waals surface area contributed by atoms with Crippen molar-refractivity contribution >= 4 is 27.5 Å². The number of halogens is 2. The third-order valence-corrected chi connectivity index (χ3v) is 2.85. The fourth-order valence-electron chi connectivity index (χ4n) is 1.42. The van der Waals surface area contributed by atoms with Gasteiger partial charge < -0.3 is 0 Å². The molecular formula is C11H10BrClN2. The Morgan fingerprint density at radius 1 is 1.40 bits per heavy atom. The molecule has 0 aliphatic carbocycles. The van der Waals surface area contributed by atoms with Crippen LogP contribution in [0.4, 0.5) is 0 Å². The number of aryl methyl sites for hydroxylation is 1. The number of alkyl halides is 1. The fraction of sp³-hybridized carbons (Fsp3) is 0.182. The molecule has 0 spiro atoms. The van der Waals surface area contributed by atoms with Gasteiger partial charge in [0.05, 0.1) is 17.8 Å². The molecule has 0 saturated carbocycles. The van der Waals surface area contributed by atoms with Gasteiger partial charge in [-0.1, -0.05) is 15.9 Å². The second kappa shape index (κ2) is 4.37. The van der Waals surface area contributed by atoms with E-state index < -0.39 is 0 Å². The van der Waals surface area contributed by atoms with Crippen LogP contribution in [0.5, 0.6) is 0 Å². The molecule has 0 atom stereocenters. The zero-order valence-electron chi connectivity index (χ0n) is 8.24.